The number of nitrogens with zero attached hydrogens (tertiary/aromatic N) is 2. The van der Waals surface area contributed by atoms with E-state index in [2.05, 4.69) is 22.2 Å². The summed E-state index contributed by atoms with van der Waals surface area (Å²) in [6, 6.07) is 7.47. The first-order valence-electron chi connectivity index (χ1n) is 7.86. The van der Waals surface area contributed by atoms with Crippen molar-refractivity contribution in [2.24, 2.45) is 0 Å². The second-order valence-corrected chi connectivity index (χ2v) is 6.44. The lowest BCUT2D eigenvalue weighted by atomic mass is 9.98. The predicted octanol–water partition coefficient (Wildman–Crippen LogP) is 1.86. The number of fused-ring (bicyclic) bond motifs is 3. The van der Waals surface area contributed by atoms with Gasteiger partial charge in [-0.05, 0) is 51.3 Å². The molecule has 1 amide bonds. The molecular formula is C16H20N4O2. The Labute approximate surface area is 128 Å². The Morgan fingerprint density at radius 2 is 2.14 bits per heavy atom. The van der Waals surface area contributed by atoms with Crippen LogP contribution in [0.1, 0.15) is 32.1 Å². The molecule has 0 radical (unpaired) electrons. The van der Waals surface area contributed by atoms with Crippen molar-refractivity contribution in [2.45, 2.75) is 43.8 Å². The molecule has 0 saturated carbocycles. The number of piperidine rings is 1. The number of imidazole rings is 1. The third kappa shape index (κ3) is 1.83. The molecule has 6 nitrogen and oxygen atoms in total. The van der Waals surface area contributed by atoms with Gasteiger partial charge in [-0.3, -0.25) is 4.90 Å². The molecule has 2 saturated heterocycles. The third-order valence-corrected chi connectivity index (χ3v) is 5.37. The lowest BCUT2D eigenvalue weighted by Crippen LogP contribution is -2.60. The van der Waals surface area contributed by atoms with Crippen LogP contribution in [-0.2, 0) is 0 Å². The lowest BCUT2D eigenvalue weighted by Gasteiger charge is -2.42. The van der Waals surface area contributed by atoms with E-state index in [0.717, 1.165) is 25.7 Å². The normalized spacial score (nSPS) is 28.1. The Kier molecular flexibility index (Phi) is 2.91. The number of H-pyrrole nitrogens is 1. The van der Waals surface area contributed by atoms with Crippen molar-refractivity contribution in [2.75, 3.05) is 7.05 Å². The van der Waals surface area contributed by atoms with Gasteiger partial charge in [-0.2, -0.15) is 0 Å². The predicted molar refractivity (Wildman–Crippen MR) is 83.9 cm³/mol. The number of hydrogen-bond acceptors (Lipinski definition) is 3. The molecule has 2 aliphatic heterocycles. The van der Waals surface area contributed by atoms with Crippen LogP contribution in [0.2, 0.25) is 0 Å². The van der Waals surface area contributed by atoms with Gasteiger partial charge in [0.25, 0.3) is 0 Å². The van der Waals surface area contributed by atoms with Crippen LogP contribution in [0, 0.1) is 0 Å². The Hall–Kier alpha value is -2.08. The molecule has 0 aliphatic carbocycles. The van der Waals surface area contributed by atoms with Gasteiger partial charge in [0.05, 0.1) is 16.7 Å². The Morgan fingerprint density at radius 1 is 1.32 bits per heavy atom. The van der Waals surface area contributed by atoms with Gasteiger partial charge < -0.3 is 10.3 Å². The molecule has 2 bridgehead atoms. The summed E-state index contributed by atoms with van der Waals surface area (Å²) in [5.41, 5.74) is 0.622. The van der Waals surface area contributed by atoms with E-state index in [1.54, 1.807) is 12.1 Å². The molecule has 6 heteroatoms. The van der Waals surface area contributed by atoms with Gasteiger partial charge in [-0.15, -0.1) is 0 Å². The molecule has 1 aromatic carbocycles. The van der Waals surface area contributed by atoms with Crippen LogP contribution in [0.25, 0.3) is 11.0 Å². The van der Waals surface area contributed by atoms with Gasteiger partial charge >= 0.3 is 11.7 Å². The smallest absolute Gasteiger partial charge is 0.319 e. The first kappa shape index (κ1) is 13.6. The molecule has 22 heavy (non-hydrogen) atoms. The first-order chi connectivity index (χ1) is 10.6. The van der Waals surface area contributed by atoms with E-state index in [0.29, 0.717) is 17.1 Å². The number of para-hydroxylation sites is 2. The van der Waals surface area contributed by atoms with E-state index >= 15 is 0 Å². The molecule has 3 heterocycles. The maximum absolute atomic E-state index is 12.7. The molecular weight excluding hydrogens is 280 g/mol. The van der Waals surface area contributed by atoms with Gasteiger partial charge in [-0.1, -0.05) is 12.1 Å². The summed E-state index contributed by atoms with van der Waals surface area (Å²) in [6.45, 7) is 0. The van der Waals surface area contributed by atoms with Gasteiger partial charge in [0, 0.05) is 6.04 Å². The van der Waals surface area contributed by atoms with Gasteiger partial charge in [0.1, 0.15) is 0 Å². The summed E-state index contributed by atoms with van der Waals surface area (Å²) in [7, 11) is 2.08. The second kappa shape index (κ2) is 4.71. The highest BCUT2D eigenvalue weighted by Crippen LogP contribution is 2.41. The summed E-state index contributed by atoms with van der Waals surface area (Å²) >= 11 is 0. The van der Waals surface area contributed by atoms with Gasteiger partial charge in [-0.25, -0.2) is 14.2 Å². The molecule has 1 aromatic heterocycles. The Balaban J connectivity index is 1.70. The number of amides is 1. The molecule has 0 spiro atoms. The fourth-order valence-corrected chi connectivity index (χ4v) is 4.12. The van der Waals surface area contributed by atoms with Gasteiger partial charge in [0.15, 0.2) is 0 Å². The summed E-state index contributed by atoms with van der Waals surface area (Å²) in [6.07, 6.45) is 5.33. The van der Waals surface area contributed by atoms with Crippen LogP contribution in [0.4, 0.5) is 4.79 Å². The Morgan fingerprint density at radius 3 is 3.00 bits per heavy atom. The zero-order valence-corrected chi connectivity index (χ0v) is 12.6. The summed E-state index contributed by atoms with van der Waals surface area (Å²) in [5, 5.41) is 3.14. The van der Waals surface area contributed by atoms with E-state index in [1.165, 1.54) is 11.0 Å². The molecule has 2 unspecified atom stereocenters. The number of benzene rings is 1. The maximum Gasteiger partial charge on any atom is 0.334 e. The molecule has 116 valence electrons. The summed E-state index contributed by atoms with van der Waals surface area (Å²) in [5.74, 6) is 0. The van der Waals surface area contributed by atoms with Crippen molar-refractivity contribution in [3.63, 3.8) is 0 Å². The zero-order valence-electron chi connectivity index (χ0n) is 12.6. The van der Waals surface area contributed by atoms with Crippen LogP contribution >= 0.6 is 0 Å². The molecule has 2 fully saturated rings. The topological polar surface area (TPSA) is 70.1 Å². The Bertz CT molecular complexity index is 789. The van der Waals surface area contributed by atoms with Crippen LogP contribution in [0.3, 0.4) is 0 Å². The molecule has 2 atom stereocenters. The van der Waals surface area contributed by atoms with Crippen LogP contribution in [-0.4, -0.2) is 39.2 Å². The van der Waals surface area contributed by atoms with Crippen LogP contribution < -0.4 is 11.0 Å². The van der Waals surface area contributed by atoms with E-state index in [9.17, 15) is 9.59 Å². The van der Waals surface area contributed by atoms with Crippen molar-refractivity contribution in [3.05, 3.63) is 34.7 Å². The molecule has 4 rings (SSSR count). The standard InChI is InChI=1S/C16H20N4O2/c1-19-11-5-4-9-16(19,10-8-11)18-15(22)20-13-7-3-2-6-12(13)17-14(20)21/h2-3,6-7,11H,4-5,8-10H2,1H3,(H,17,21)(H,18,22). The highest BCUT2D eigenvalue weighted by Gasteiger charge is 2.47. The minimum atomic E-state index is -0.386. The highest BCUT2D eigenvalue weighted by atomic mass is 16.2. The largest absolute Gasteiger partial charge is 0.334 e. The lowest BCUT2D eigenvalue weighted by molar-refractivity contribution is 0.0608. The highest BCUT2D eigenvalue weighted by molar-refractivity contribution is 5.89. The number of aromatic amines is 1. The summed E-state index contributed by atoms with van der Waals surface area (Å²) < 4.78 is 1.21. The average Bonchev–Trinajstić information content (AvgIpc) is 2.88. The van der Waals surface area contributed by atoms with E-state index in [-0.39, 0.29) is 17.4 Å². The van der Waals surface area contributed by atoms with Crippen LogP contribution in [0.5, 0.6) is 0 Å². The van der Waals surface area contributed by atoms with Crippen molar-refractivity contribution in [1.82, 2.24) is 19.8 Å². The van der Waals surface area contributed by atoms with E-state index in [1.807, 2.05) is 12.1 Å². The zero-order chi connectivity index (χ0) is 15.3. The molecule has 2 aromatic rings. The van der Waals surface area contributed by atoms with Crippen LogP contribution in [0.15, 0.2) is 29.1 Å². The third-order valence-electron chi connectivity index (χ3n) is 5.37. The fourth-order valence-electron chi connectivity index (χ4n) is 4.12. The van der Waals surface area contributed by atoms with Crippen molar-refractivity contribution < 1.29 is 4.79 Å². The quantitative estimate of drug-likeness (QED) is 0.844. The summed E-state index contributed by atoms with van der Waals surface area (Å²) in [4.78, 5) is 29.9. The number of carbonyl (C=O) groups is 1. The molecule has 2 aliphatic rings. The number of aromatic nitrogens is 2. The average molecular weight is 300 g/mol. The van der Waals surface area contributed by atoms with Crippen molar-refractivity contribution in [1.29, 1.82) is 0 Å². The molecule has 2 N–H and O–H groups in total. The van der Waals surface area contributed by atoms with E-state index in [4.69, 9.17) is 0 Å². The number of nitrogens with one attached hydrogen (secondary N) is 2. The maximum atomic E-state index is 12.7. The minimum absolute atomic E-state index is 0.294. The first-order valence-corrected chi connectivity index (χ1v) is 7.86. The second-order valence-electron chi connectivity index (χ2n) is 6.44. The monoisotopic (exact) mass is 300 g/mol. The van der Waals surface area contributed by atoms with E-state index < -0.39 is 0 Å². The number of carbonyl (C=O) groups excluding carboxylic acids is 1. The minimum Gasteiger partial charge on any atom is -0.319 e. The van der Waals surface area contributed by atoms with Crippen molar-refractivity contribution >= 4 is 17.1 Å². The van der Waals surface area contributed by atoms with Crippen molar-refractivity contribution in [3.8, 4) is 0 Å². The number of hydrogen-bond donors (Lipinski definition) is 2. The van der Waals surface area contributed by atoms with Gasteiger partial charge in [0.2, 0.25) is 0 Å². The fraction of sp³-hybridized carbons (Fsp3) is 0.500. The SMILES string of the molecule is CN1C2CCCC1(NC(=O)n1c(=O)[nH]c3ccccc31)CC2. The number of rotatable bonds is 1.